The van der Waals surface area contributed by atoms with E-state index in [-0.39, 0.29) is 6.61 Å². The maximum absolute atomic E-state index is 8.91. The summed E-state index contributed by atoms with van der Waals surface area (Å²) in [6, 6.07) is 4.04. The predicted octanol–water partition coefficient (Wildman–Crippen LogP) is 2.23. The first-order valence-electron chi connectivity index (χ1n) is 5.19. The molecule has 0 aromatic carbocycles. The molecule has 3 nitrogen and oxygen atoms in total. The molecule has 15 heavy (non-hydrogen) atoms. The number of aromatic nitrogens is 1. The quantitative estimate of drug-likeness (QED) is 0.730. The Morgan fingerprint density at radius 1 is 1.60 bits per heavy atom. The highest BCUT2D eigenvalue weighted by atomic mass is 32.2. The molecule has 0 spiro atoms. The van der Waals surface area contributed by atoms with E-state index in [1.54, 1.807) is 11.8 Å². The molecule has 0 bridgehead atoms. The molecule has 0 radical (unpaired) electrons. The molecule has 1 rings (SSSR count). The second-order valence-corrected chi connectivity index (χ2v) is 4.60. The average Bonchev–Trinajstić information content (AvgIpc) is 2.27. The van der Waals surface area contributed by atoms with Gasteiger partial charge in [-0.3, -0.25) is 0 Å². The van der Waals surface area contributed by atoms with Gasteiger partial charge in [0.1, 0.15) is 5.82 Å². The van der Waals surface area contributed by atoms with Gasteiger partial charge in [0.2, 0.25) is 0 Å². The number of pyridine rings is 1. The first kappa shape index (κ1) is 12.3. The van der Waals surface area contributed by atoms with E-state index in [4.69, 9.17) is 5.11 Å². The van der Waals surface area contributed by atoms with Gasteiger partial charge in [0.25, 0.3) is 0 Å². The second kappa shape index (κ2) is 6.69. The molecular weight excluding hydrogens is 208 g/mol. The van der Waals surface area contributed by atoms with Crippen molar-refractivity contribution in [3.8, 4) is 0 Å². The molecule has 1 aromatic heterocycles. The van der Waals surface area contributed by atoms with Crippen molar-refractivity contribution in [3.05, 3.63) is 18.3 Å². The van der Waals surface area contributed by atoms with Crippen LogP contribution in [-0.2, 0) is 0 Å². The summed E-state index contributed by atoms with van der Waals surface area (Å²) in [6.45, 7) is 5.22. The van der Waals surface area contributed by atoms with Crippen LogP contribution in [0, 0.1) is 5.92 Å². The number of aliphatic hydroxyl groups is 1. The van der Waals surface area contributed by atoms with E-state index in [1.807, 2.05) is 25.3 Å². The van der Waals surface area contributed by atoms with Gasteiger partial charge in [-0.05, 0) is 25.0 Å². The maximum Gasteiger partial charge on any atom is 0.126 e. The van der Waals surface area contributed by atoms with Crippen molar-refractivity contribution in [1.82, 2.24) is 4.98 Å². The molecule has 1 atom stereocenters. The van der Waals surface area contributed by atoms with E-state index >= 15 is 0 Å². The van der Waals surface area contributed by atoms with Gasteiger partial charge < -0.3 is 10.4 Å². The lowest BCUT2D eigenvalue weighted by Gasteiger charge is -2.08. The van der Waals surface area contributed by atoms with E-state index in [0.29, 0.717) is 5.92 Å². The van der Waals surface area contributed by atoms with E-state index < -0.39 is 0 Å². The summed E-state index contributed by atoms with van der Waals surface area (Å²) in [5.41, 5.74) is 0. The number of anilines is 1. The minimum Gasteiger partial charge on any atom is -0.396 e. The minimum atomic E-state index is 0.248. The molecule has 1 heterocycles. The number of nitrogens with one attached hydrogen (secondary N) is 1. The van der Waals surface area contributed by atoms with Gasteiger partial charge in [0, 0.05) is 30.0 Å². The molecule has 0 saturated carbocycles. The summed E-state index contributed by atoms with van der Waals surface area (Å²) in [5.74, 6) is 2.19. The average molecular weight is 226 g/mol. The number of aliphatic hydroxyl groups excluding tert-OH is 1. The number of hydrogen-bond acceptors (Lipinski definition) is 4. The van der Waals surface area contributed by atoms with Crippen LogP contribution in [0.15, 0.2) is 23.2 Å². The summed E-state index contributed by atoms with van der Waals surface area (Å²) in [7, 11) is 0. The summed E-state index contributed by atoms with van der Waals surface area (Å²) < 4.78 is 0. The number of nitrogens with zero attached hydrogens (tertiary/aromatic N) is 1. The van der Waals surface area contributed by atoms with Crippen molar-refractivity contribution >= 4 is 17.6 Å². The van der Waals surface area contributed by atoms with Gasteiger partial charge in [-0.1, -0.05) is 6.92 Å². The van der Waals surface area contributed by atoms with E-state index in [1.165, 1.54) is 4.90 Å². The van der Waals surface area contributed by atoms with Gasteiger partial charge >= 0.3 is 0 Å². The molecule has 1 unspecified atom stereocenters. The Labute approximate surface area is 95.3 Å². The van der Waals surface area contributed by atoms with Crippen LogP contribution in [-0.4, -0.2) is 29.0 Å². The third kappa shape index (κ3) is 4.53. The lowest BCUT2D eigenvalue weighted by atomic mass is 10.2. The smallest absolute Gasteiger partial charge is 0.126 e. The normalized spacial score (nSPS) is 12.5. The number of rotatable bonds is 6. The molecule has 1 aromatic rings. The first-order valence-corrected chi connectivity index (χ1v) is 6.18. The highest BCUT2D eigenvalue weighted by Crippen LogP contribution is 2.22. The lowest BCUT2D eigenvalue weighted by Crippen LogP contribution is -2.03. The highest BCUT2D eigenvalue weighted by molar-refractivity contribution is 7.99. The fraction of sp³-hybridized carbons (Fsp3) is 0.545. The van der Waals surface area contributed by atoms with Crippen molar-refractivity contribution in [2.24, 2.45) is 5.92 Å². The monoisotopic (exact) mass is 226 g/mol. The molecule has 4 heteroatoms. The fourth-order valence-corrected chi connectivity index (χ4v) is 2.00. The van der Waals surface area contributed by atoms with Crippen LogP contribution in [0.3, 0.4) is 0 Å². The summed E-state index contributed by atoms with van der Waals surface area (Å²) in [6.07, 6.45) is 1.81. The van der Waals surface area contributed by atoms with Gasteiger partial charge in [-0.15, -0.1) is 11.8 Å². The molecule has 0 saturated heterocycles. The van der Waals surface area contributed by atoms with Gasteiger partial charge in [-0.2, -0.15) is 0 Å². The Hall–Kier alpha value is -0.740. The SMILES string of the molecule is CCNc1cc(SCC(C)CO)ccn1. The first-order chi connectivity index (χ1) is 7.26. The highest BCUT2D eigenvalue weighted by Gasteiger charge is 2.02. The van der Waals surface area contributed by atoms with Crippen LogP contribution in [0.1, 0.15) is 13.8 Å². The van der Waals surface area contributed by atoms with Gasteiger partial charge in [0.15, 0.2) is 0 Å². The molecule has 0 fully saturated rings. The molecule has 0 aliphatic heterocycles. The Morgan fingerprint density at radius 2 is 2.40 bits per heavy atom. The van der Waals surface area contributed by atoms with Crippen LogP contribution < -0.4 is 5.32 Å². The topological polar surface area (TPSA) is 45.1 Å². The van der Waals surface area contributed by atoms with Gasteiger partial charge in [0.05, 0.1) is 0 Å². The Bertz CT molecular complexity index is 294. The largest absolute Gasteiger partial charge is 0.396 e. The predicted molar refractivity (Wildman–Crippen MR) is 65.4 cm³/mol. The standard InChI is InChI=1S/C11H18N2OS/c1-3-12-11-6-10(4-5-13-11)15-8-9(2)7-14/h4-6,9,14H,3,7-8H2,1-2H3,(H,12,13). The Balaban J connectivity index is 2.50. The third-order valence-corrected chi connectivity index (χ3v) is 3.26. The van der Waals surface area contributed by atoms with Crippen LogP contribution in [0.4, 0.5) is 5.82 Å². The van der Waals surface area contributed by atoms with Crippen LogP contribution in [0.5, 0.6) is 0 Å². The van der Waals surface area contributed by atoms with Crippen LogP contribution >= 0.6 is 11.8 Å². The Morgan fingerprint density at radius 3 is 3.07 bits per heavy atom. The minimum absolute atomic E-state index is 0.248. The zero-order valence-corrected chi connectivity index (χ0v) is 10.0. The molecule has 2 N–H and O–H groups in total. The summed E-state index contributed by atoms with van der Waals surface area (Å²) in [4.78, 5) is 5.40. The van der Waals surface area contributed by atoms with E-state index in [0.717, 1.165) is 18.1 Å². The maximum atomic E-state index is 8.91. The van der Waals surface area contributed by atoms with Crippen molar-refractivity contribution < 1.29 is 5.11 Å². The summed E-state index contributed by atoms with van der Waals surface area (Å²) in [5, 5.41) is 12.1. The zero-order valence-electron chi connectivity index (χ0n) is 9.23. The Kier molecular flexibility index (Phi) is 5.50. The summed E-state index contributed by atoms with van der Waals surface area (Å²) >= 11 is 1.75. The lowest BCUT2D eigenvalue weighted by molar-refractivity contribution is 0.250. The molecular formula is C11H18N2OS. The van der Waals surface area contributed by atoms with Crippen molar-refractivity contribution in [1.29, 1.82) is 0 Å². The second-order valence-electron chi connectivity index (χ2n) is 3.51. The zero-order chi connectivity index (χ0) is 11.1. The van der Waals surface area contributed by atoms with Crippen molar-refractivity contribution in [2.75, 3.05) is 24.2 Å². The van der Waals surface area contributed by atoms with Crippen molar-refractivity contribution in [2.45, 2.75) is 18.7 Å². The molecule has 0 aliphatic carbocycles. The van der Waals surface area contributed by atoms with Crippen LogP contribution in [0.25, 0.3) is 0 Å². The third-order valence-electron chi connectivity index (χ3n) is 1.94. The molecule has 0 aliphatic rings. The van der Waals surface area contributed by atoms with Crippen molar-refractivity contribution in [3.63, 3.8) is 0 Å². The van der Waals surface area contributed by atoms with E-state index in [9.17, 15) is 0 Å². The number of thioether (sulfide) groups is 1. The fourth-order valence-electron chi connectivity index (χ4n) is 1.07. The van der Waals surface area contributed by atoms with E-state index in [2.05, 4.69) is 17.2 Å². The molecule has 84 valence electrons. The molecule has 0 amide bonds. The van der Waals surface area contributed by atoms with Crippen LogP contribution in [0.2, 0.25) is 0 Å². The number of hydrogen-bond donors (Lipinski definition) is 2. The van der Waals surface area contributed by atoms with Gasteiger partial charge in [-0.25, -0.2) is 4.98 Å².